The summed E-state index contributed by atoms with van der Waals surface area (Å²) in [6.45, 7) is 0. The predicted molar refractivity (Wildman–Crippen MR) is 141 cm³/mol. The quantitative estimate of drug-likeness (QED) is 0.299. The third kappa shape index (κ3) is 5.39. The number of pyridine rings is 1. The van der Waals surface area contributed by atoms with Crippen LogP contribution in [-0.4, -0.2) is 33.8 Å². The van der Waals surface area contributed by atoms with Crippen molar-refractivity contribution >= 4 is 35.0 Å². The average Bonchev–Trinajstić information content (AvgIpc) is 3.27. The molecule has 0 spiro atoms. The van der Waals surface area contributed by atoms with E-state index in [1.165, 1.54) is 36.1 Å². The SMILES string of the molecule is CNC(=O)c1cc(Oc2ccc(N(C(N)=O)c3cc(C4CCC4)nn3-c3cc(F)cc(F)c3)c(Cl)c2)ccn1. The molecule has 5 rings (SSSR count). The summed E-state index contributed by atoms with van der Waals surface area (Å²) < 4.78 is 35.3. The molecule has 1 aliphatic carbocycles. The lowest BCUT2D eigenvalue weighted by atomic mass is 9.83. The molecule has 2 aromatic carbocycles. The summed E-state index contributed by atoms with van der Waals surface area (Å²) in [4.78, 5) is 29.8. The van der Waals surface area contributed by atoms with Crippen molar-refractivity contribution in [2.75, 3.05) is 11.9 Å². The molecule has 3 amide bonds. The normalized spacial score (nSPS) is 13.0. The summed E-state index contributed by atoms with van der Waals surface area (Å²) in [5, 5.41) is 7.17. The zero-order chi connectivity index (χ0) is 27.7. The van der Waals surface area contributed by atoms with Gasteiger partial charge in [0, 0.05) is 43.4 Å². The molecule has 4 aromatic rings. The molecule has 12 heteroatoms. The first-order chi connectivity index (χ1) is 18.7. The molecule has 0 bridgehead atoms. The predicted octanol–water partition coefficient (Wildman–Crippen LogP) is 5.84. The number of carbonyl (C=O) groups excluding carboxylic acids is 2. The van der Waals surface area contributed by atoms with Crippen LogP contribution < -0.4 is 20.7 Å². The van der Waals surface area contributed by atoms with Crippen molar-refractivity contribution in [3.63, 3.8) is 0 Å². The smallest absolute Gasteiger partial charge is 0.325 e. The van der Waals surface area contributed by atoms with Gasteiger partial charge >= 0.3 is 6.03 Å². The van der Waals surface area contributed by atoms with Crippen molar-refractivity contribution < 1.29 is 23.1 Å². The lowest BCUT2D eigenvalue weighted by Crippen LogP contribution is -2.33. The molecule has 0 saturated heterocycles. The monoisotopic (exact) mass is 552 g/mol. The summed E-state index contributed by atoms with van der Waals surface area (Å²) in [6, 6.07) is 11.4. The van der Waals surface area contributed by atoms with E-state index >= 15 is 0 Å². The number of halogens is 3. The van der Waals surface area contributed by atoms with Gasteiger partial charge in [0.15, 0.2) is 0 Å². The fraction of sp³-hybridized carbons (Fsp3) is 0.185. The number of nitrogens with two attached hydrogens (primary N) is 1. The van der Waals surface area contributed by atoms with Crippen LogP contribution in [0.15, 0.2) is 60.8 Å². The number of urea groups is 1. The van der Waals surface area contributed by atoms with Crippen molar-refractivity contribution in [2.45, 2.75) is 25.2 Å². The lowest BCUT2D eigenvalue weighted by Gasteiger charge is -2.23. The lowest BCUT2D eigenvalue weighted by molar-refractivity contribution is 0.0957. The Morgan fingerprint density at radius 2 is 1.79 bits per heavy atom. The van der Waals surface area contributed by atoms with Gasteiger partial charge in [0.25, 0.3) is 5.91 Å². The molecule has 39 heavy (non-hydrogen) atoms. The second-order valence-electron chi connectivity index (χ2n) is 8.94. The fourth-order valence-electron chi connectivity index (χ4n) is 4.25. The van der Waals surface area contributed by atoms with Gasteiger partial charge in [0.1, 0.15) is 34.6 Å². The van der Waals surface area contributed by atoms with Gasteiger partial charge in [-0.2, -0.15) is 5.10 Å². The first-order valence-corrected chi connectivity index (χ1v) is 12.4. The van der Waals surface area contributed by atoms with Crippen LogP contribution in [0.25, 0.3) is 5.69 Å². The second kappa shape index (κ2) is 10.7. The van der Waals surface area contributed by atoms with Crippen LogP contribution in [0.1, 0.15) is 41.4 Å². The second-order valence-corrected chi connectivity index (χ2v) is 9.35. The number of anilines is 2. The molecule has 0 unspecified atom stereocenters. The largest absolute Gasteiger partial charge is 0.457 e. The Balaban J connectivity index is 1.53. The molecule has 0 radical (unpaired) electrons. The van der Waals surface area contributed by atoms with E-state index in [0.717, 1.165) is 42.4 Å². The van der Waals surface area contributed by atoms with Crippen molar-refractivity contribution in [3.8, 4) is 17.2 Å². The molecular formula is C27H23ClF2N6O3. The standard InChI is InChI=1S/C27H23ClF2N6O3/c1-32-26(37)23-13-20(7-8-33-23)39-19-5-6-24(21(28)12-19)35(27(31)38)25-14-22(15-3-2-4-15)34-36(25)18-10-16(29)9-17(30)11-18/h5-15H,2-4H2,1H3,(H2,31,38)(H,32,37). The molecule has 3 N–H and O–H groups in total. The average molecular weight is 553 g/mol. The number of ether oxygens (including phenoxy) is 1. The van der Waals surface area contributed by atoms with Crippen molar-refractivity contribution in [1.29, 1.82) is 0 Å². The fourth-order valence-corrected chi connectivity index (χ4v) is 4.51. The van der Waals surface area contributed by atoms with Gasteiger partial charge in [0.2, 0.25) is 0 Å². The first-order valence-electron chi connectivity index (χ1n) is 12.0. The van der Waals surface area contributed by atoms with E-state index < -0.39 is 17.7 Å². The molecule has 2 aromatic heterocycles. The van der Waals surface area contributed by atoms with Gasteiger partial charge in [0.05, 0.1) is 22.1 Å². The van der Waals surface area contributed by atoms with Gasteiger partial charge < -0.3 is 15.8 Å². The Morgan fingerprint density at radius 1 is 1.08 bits per heavy atom. The van der Waals surface area contributed by atoms with Crippen LogP contribution in [0.5, 0.6) is 11.5 Å². The third-order valence-electron chi connectivity index (χ3n) is 6.36. The summed E-state index contributed by atoms with van der Waals surface area (Å²) in [7, 11) is 1.49. The van der Waals surface area contributed by atoms with Gasteiger partial charge in [-0.1, -0.05) is 18.0 Å². The summed E-state index contributed by atoms with van der Waals surface area (Å²) in [5.74, 6) is -0.968. The van der Waals surface area contributed by atoms with E-state index in [1.54, 1.807) is 18.2 Å². The number of aromatic nitrogens is 3. The van der Waals surface area contributed by atoms with Crippen LogP contribution in [0.4, 0.5) is 25.1 Å². The van der Waals surface area contributed by atoms with E-state index in [1.807, 2.05) is 0 Å². The number of amides is 3. The molecule has 0 atom stereocenters. The van der Waals surface area contributed by atoms with Gasteiger partial charge in [-0.05, 0) is 43.2 Å². The Morgan fingerprint density at radius 3 is 2.41 bits per heavy atom. The van der Waals surface area contributed by atoms with Gasteiger partial charge in [-0.15, -0.1) is 0 Å². The van der Waals surface area contributed by atoms with Crippen LogP contribution in [0, 0.1) is 11.6 Å². The van der Waals surface area contributed by atoms with Gasteiger partial charge in [-0.3, -0.25) is 9.78 Å². The first kappa shape index (κ1) is 26.1. The number of rotatable bonds is 7. The molecular weight excluding hydrogens is 530 g/mol. The zero-order valence-corrected chi connectivity index (χ0v) is 21.5. The van der Waals surface area contributed by atoms with Crippen molar-refractivity contribution in [3.05, 3.63) is 88.8 Å². The minimum atomic E-state index is -0.881. The molecule has 9 nitrogen and oxygen atoms in total. The highest BCUT2D eigenvalue weighted by atomic mass is 35.5. The topological polar surface area (TPSA) is 115 Å². The van der Waals surface area contributed by atoms with E-state index in [-0.39, 0.29) is 39.7 Å². The maximum absolute atomic E-state index is 14.1. The van der Waals surface area contributed by atoms with E-state index in [9.17, 15) is 18.4 Å². The van der Waals surface area contributed by atoms with Crippen LogP contribution >= 0.6 is 11.6 Å². The molecule has 1 aliphatic rings. The molecule has 1 saturated carbocycles. The van der Waals surface area contributed by atoms with E-state index in [4.69, 9.17) is 22.1 Å². The minimum absolute atomic E-state index is 0.0833. The zero-order valence-electron chi connectivity index (χ0n) is 20.7. The number of hydrogen-bond acceptors (Lipinski definition) is 5. The number of primary amides is 1. The number of carbonyl (C=O) groups is 2. The van der Waals surface area contributed by atoms with E-state index in [2.05, 4.69) is 15.4 Å². The Hall–Kier alpha value is -4.51. The number of benzene rings is 2. The maximum Gasteiger partial charge on any atom is 0.325 e. The highest BCUT2D eigenvalue weighted by Gasteiger charge is 2.29. The van der Waals surface area contributed by atoms with Crippen LogP contribution in [-0.2, 0) is 0 Å². The Labute approximate surface area is 227 Å². The summed E-state index contributed by atoms with van der Waals surface area (Å²) >= 11 is 6.59. The Bertz CT molecular complexity index is 1550. The van der Waals surface area contributed by atoms with Crippen LogP contribution in [0.2, 0.25) is 5.02 Å². The number of nitrogens with one attached hydrogen (secondary N) is 1. The number of hydrogen-bond donors (Lipinski definition) is 2. The Kier molecular flexibility index (Phi) is 7.16. The molecule has 0 aliphatic heterocycles. The summed E-state index contributed by atoms with van der Waals surface area (Å²) in [5.41, 5.74) is 6.92. The molecule has 2 heterocycles. The minimum Gasteiger partial charge on any atom is -0.457 e. The third-order valence-corrected chi connectivity index (χ3v) is 6.66. The molecule has 200 valence electrons. The van der Waals surface area contributed by atoms with E-state index in [0.29, 0.717) is 17.2 Å². The summed E-state index contributed by atoms with van der Waals surface area (Å²) in [6.07, 6.45) is 4.29. The van der Waals surface area contributed by atoms with Gasteiger partial charge in [-0.25, -0.2) is 23.2 Å². The van der Waals surface area contributed by atoms with Crippen molar-refractivity contribution in [2.24, 2.45) is 5.73 Å². The van der Waals surface area contributed by atoms with Crippen LogP contribution in [0.3, 0.4) is 0 Å². The number of nitrogens with zero attached hydrogens (tertiary/aromatic N) is 4. The van der Waals surface area contributed by atoms with Crippen molar-refractivity contribution in [1.82, 2.24) is 20.1 Å². The maximum atomic E-state index is 14.1. The highest BCUT2D eigenvalue weighted by Crippen LogP contribution is 2.41. The highest BCUT2D eigenvalue weighted by molar-refractivity contribution is 6.34. The molecule has 1 fully saturated rings.